The molecule has 3 rings (SSSR count). The first-order chi connectivity index (χ1) is 9.74. The summed E-state index contributed by atoms with van der Waals surface area (Å²) in [4.78, 5) is 2.18. The number of rotatable bonds is 3. The van der Waals surface area contributed by atoms with Crippen LogP contribution in [0.25, 0.3) is 0 Å². The van der Waals surface area contributed by atoms with E-state index < -0.39 is 0 Å². The van der Waals surface area contributed by atoms with Crippen LogP contribution in [0.2, 0.25) is 0 Å². The van der Waals surface area contributed by atoms with E-state index in [4.69, 9.17) is 4.42 Å². The fourth-order valence-corrected chi connectivity index (χ4v) is 2.22. The average Bonchev–Trinajstić information content (AvgIpc) is 2.97. The Morgan fingerprint density at radius 2 is 1.15 bits per heavy atom. The second kappa shape index (κ2) is 5.25. The van der Waals surface area contributed by atoms with Gasteiger partial charge in [0.2, 0.25) is 0 Å². The smallest absolute Gasteiger partial charge is 0.114 e. The highest BCUT2D eigenvalue weighted by Crippen LogP contribution is 2.34. The van der Waals surface area contributed by atoms with Gasteiger partial charge in [0.1, 0.15) is 6.26 Å². The Kier molecular flexibility index (Phi) is 3.30. The van der Waals surface area contributed by atoms with E-state index in [2.05, 4.69) is 67.3 Å². The van der Waals surface area contributed by atoms with E-state index in [1.807, 2.05) is 6.07 Å². The maximum atomic E-state index is 5.24. The van der Waals surface area contributed by atoms with Crippen molar-refractivity contribution in [3.05, 3.63) is 78.3 Å². The van der Waals surface area contributed by atoms with Gasteiger partial charge in [-0.3, -0.25) is 0 Å². The van der Waals surface area contributed by atoms with E-state index in [1.165, 1.54) is 11.1 Å². The SMILES string of the molecule is Cc1ccc(N(c2ccc(C)cc2)c2ccoc2)cc1. The summed E-state index contributed by atoms with van der Waals surface area (Å²) in [5, 5.41) is 0. The molecule has 3 aromatic rings. The Morgan fingerprint density at radius 3 is 1.55 bits per heavy atom. The average molecular weight is 263 g/mol. The zero-order valence-electron chi connectivity index (χ0n) is 11.7. The molecule has 0 N–H and O–H groups in total. The lowest BCUT2D eigenvalue weighted by molar-refractivity contribution is 0.567. The van der Waals surface area contributed by atoms with Crippen LogP contribution in [0.3, 0.4) is 0 Å². The predicted octanol–water partition coefficient (Wildman–Crippen LogP) is 5.37. The lowest BCUT2D eigenvalue weighted by Crippen LogP contribution is -2.08. The number of benzene rings is 2. The first-order valence-corrected chi connectivity index (χ1v) is 6.70. The number of furan rings is 1. The Labute approximate surface area is 119 Å². The van der Waals surface area contributed by atoms with Crippen molar-refractivity contribution in [1.82, 2.24) is 0 Å². The minimum absolute atomic E-state index is 1.03. The van der Waals surface area contributed by atoms with Gasteiger partial charge in [-0.05, 0) is 38.1 Å². The largest absolute Gasteiger partial charge is 0.470 e. The Morgan fingerprint density at radius 1 is 0.650 bits per heavy atom. The van der Waals surface area contributed by atoms with Crippen LogP contribution in [0.1, 0.15) is 11.1 Å². The van der Waals surface area contributed by atoms with Gasteiger partial charge in [0.15, 0.2) is 0 Å². The maximum absolute atomic E-state index is 5.24. The van der Waals surface area contributed by atoms with Crippen LogP contribution in [0.15, 0.2) is 71.5 Å². The van der Waals surface area contributed by atoms with Gasteiger partial charge < -0.3 is 9.32 Å². The minimum atomic E-state index is 1.03. The third kappa shape index (κ3) is 2.45. The fraction of sp³-hybridized carbons (Fsp3) is 0.111. The topological polar surface area (TPSA) is 16.4 Å². The van der Waals surface area contributed by atoms with Crippen LogP contribution in [-0.2, 0) is 0 Å². The van der Waals surface area contributed by atoms with Gasteiger partial charge in [-0.2, -0.15) is 0 Å². The van der Waals surface area contributed by atoms with Gasteiger partial charge in [0.05, 0.1) is 12.0 Å². The van der Waals surface area contributed by atoms with Gasteiger partial charge in [0, 0.05) is 17.4 Å². The van der Waals surface area contributed by atoms with E-state index in [0.717, 1.165) is 17.1 Å². The van der Waals surface area contributed by atoms with E-state index in [1.54, 1.807) is 12.5 Å². The molecular weight excluding hydrogens is 246 g/mol. The lowest BCUT2D eigenvalue weighted by atomic mass is 10.1. The zero-order chi connectivity index (χ0) is 13.9. The number of hydrogen-bond donors (Lipinski definition) is 0. The van der Waals surface area contributed by atoms with Crippen molar-refractivity contribution in [2.75, 3.05) is 4.90 Å². The summed E-state index contributed by atoms with van der Waals surface area (Å²) in [6.07, 6.45) is 3.46. The van der Waals surface area contributed by atoms with Crippen LogP contribution < -0.4 is 4.90 Å². The summed E-state index contributed by atoms with van der Waals surface area (Å²) in [7, 11) is 0. The standard InChI is InChI=1S/C18H17NO/c1-14-3-7-16(8-4-14)19(18-11-12-20-13-18)17-9-5-15(2)6-10-17/h3-13H,1-2H3. The molecule has 1 heterocycles. The quantitative estimate of drug-likeness (QED) is 0.632. The molecule has 0 saturated carbocycles. The predicted molar refractivity (Wildman–Crippen MR) is 82.9 cm³/mol. The minimum Gasteiger partial charge on any atom is -0.470 e. The van der Waals surface area contributed by atoms with E-state index in [9.17, 15) is 0 Å². The molecule has 0 fully saturated rings. The van der Waals surface area contributed by atoms with Crippen LogP contribution in [0, 0.1) is 13.8 Å². The number of nitrogens with zero attached hydrogens (tertiary/aromatic N) is 1. The molecule has 2 aromatic carbocycles. The molecule has 0 spiro atoms. The normalized spacial score (nSPS) is 10.5. The molecule has 0 aliphatic carbocycles. The van der Waals surface area contributed by atoms with Crippen molar-refractivity contribution in [2.24, 2.45) is 0 Å². The summed E-state index contributed by atoms with van der Waals surface area (Å²) in [6, 6.07) is 19.0. The molecule has 20 heavy (non-hydrogen) atoms. The molecule has 0 bridgehead atoms. The van der Waals surface area contributed by atoms with Crippen molar-refractivity contribution in [1.29, 1.82) is 0 Å². The van der Waals surface area contributed by atoms with Crippen molar-refractivity contribution in [3.8, 4) is 0 Å². The molecule has 0 amide bonds. The zero-order valence-corrected chi connectivity index (χ0v) is 11.7. The van der Waals surface area contributed by atoms with Crippen LogP contribution in [0.5, 0.6) is 0 Å². The Bertz CT molecular complexity index is 621. The molecule has 100 valence electrons. The molecule has 0 aliphatic rings. The van der Waals surface area contributed by atoms with E-state index in [0.29, 0.717) is 0 Å². The van der Waals surface area contributed by atoms with Gasteiger partial charge in [-0.1, -0.05) is 35.4 Å². The van der Waals surface area contributed by atoms with Crippen molar-refractivity contribution in [2.45, 2.75) is 13.8 Å². The third-order valence-electron chi connectivity index (χ3n) is 3.35. The van der Waals surface area contributed by atoms with Crippen LogP contribution in [-0.4, -0.2) is 0 Å². The molecule has 0 radical (unpaired) electrons. The fourth-order valence-electron chi connectivity index (χ4n) is 2.22. The number of hydrogen-bond acceptors (Lipinski definition) is 2. The Hall–Kier alpha value is -2.48. The number of aryl methyl sites for hydroxylation is 2. The van der Waals surface area contributed by atoms with Crippen molar-refractivity contribution in [3.63, 3.8) is 0 Å². The molecule has 0 atom stereocenters. The highest BCUT2D eigenvalue weighted by molar-refractivity contribution is 5.75. The van der Waals surface area contributed by atoms with Crippen molar-refractivity contribution < 1.29 is 4.42 Å². The summed E-state index contributed by atoms with van der Waals surface area (Å²) in [6.45, 7) is 4.19. The highest BCUT2D eigenvalue weighted by Gasteiger charge is 2.12. The summed E-state index contributed by atoms with van der Waals surface area (Å²) < 4.78 is 5.24. The summed E-state index contributed by atoms with van der Waals surface area (Å²) >= 11 is 0. The lowest BCUT2D eigenvalue weighted by Gasteiger charge is -2.23. The Balaban J connectivity index is 2.09. The second-order valence-corrected chi connectivity index (χ2v) is 4.99. The molecule has 0 unspecified atom stereocenters. The highest BCUT2D eigenvalue weighted by atomic mass is 16.3. The van der Waals surface area contributed by atoms with E-state index in [-0.39, 0.29) is 0 Å². The molecule has 0 saturated heterocycles. The van der Waals surface area contributed by atoms with Gasteiger partial charge in [-0.15, -0.1) is 0 Å². The third-order valence-corrected chi connectivity index (χ3v) is 3.35. The van der Waals surface area contributed by atoms with Gasteiger partial charge in [0.25, 0.3) is 0 Å². The van der Waals surface area contributed by atoms with E-state index >= 15 is 0 Å². The second-order valence-electron chi connectivity index (χ2n) is 4.99. The monoisotopic (exact) mass is 263 g/mol. The molecule has 2 heteroatoms. The first kappa shape index (κ1) is 12.5. The molecule has 1 aromatic heterocycles. The van der Waals surface area contributed by atoms with Gasteiger partial charge >= 0.3 is 0 Å². The van der Waals surface area contributed by atoms with Crippen LogP contribution in [0.4, 0.5) is 17.1 Å². The van der Waals surface area contributed by atoms with Gasteiger partial charge in [-0.25, -0.2) is 0 Å². The first-order valence-electron chi connectivity index (χ1n) is 6.70. The molecule has 0 aliphatic heterocycles. The molecule has 2 nitrogen and oxygen atoms in total. The van der Waals surface area contributed by atoms with Crippen molar-refractivity contribution >= 4 is 17.1 Å². The number of anilines is 3. The molecular formula is C18H17NO. The summed E-state index contributed by atoms with van der Waals surface area (Å²) in [5.74, 6) is 0. The summed E-state index contributed by atoms with van der Waals surface area (Å²) in [5.41, 5.74) is 5.79. The maximum Gasteiger partial charge on any atom is 0.114 e. The van der Waals surface area contributed by atoms with Crippen LogP contribution >= 0.6 is 0 Å².